The van der Waals surface area contributed by atoms with Crippen LogP contribution in [0.25, 0.3) is 0 Å². The number of esters is 1. The molecule has 5 atom stereocenters. The lowest BCUT2D eigenvalue weighted by Gasteiger charge is -2.37. The van der Waals surface area contributed by atoms with E-state index in [1.54, 1.807) is 16.7 Å². The number of allylic oxidation sites excluding steroid dienone is 1. The minimum Gasteiger partial charge on any atom is -0.465 e. The number of hydrogen-bond donors (Lipinski definition) is 1. The zero-order valence-corrected chi connectivity index (χ0v) is 23.2. The summed E-state index contributed by atoms with van der Waals surface area (Å²) in [5, 5.41) is 9.39. The Bertz CT molecular complexity index is 968. The minimum absolute atomic E-state index is 0.0351. The fraction of sp³-hybridized carbons (Fsp3) is 0.750. The number of amides is 2. The number of carbonyl (C=O) groups excluding carboxylic acids is 3. The maximum absolute atomic E-state index is 14.3. The van der Waals surface area contributed by atoms with Crippen molar-refractivity contribution in [1.29, 1.82) is 0 Å². The number of likely N-dealkylation sites (tertiary alicyclic amines) is 1. The number of aliphatic hydroxyl groups excluding tert-OH is 1. The molecule has 210 valence electrons. The van der Waals surface area contributed by atoms with Crippen molar-refractivity contribution in [2.45, 2.75) is 54.6 Å². The summed E-state index contributed by atoms with van der Waals surface area (Å²) in [6.07, 6.45) is 12.1. The number of morpholine rings is 1. The molecule has 5 aliphatic heterocycles. The van der Waals surface area contributed by atoms with Crippen LogP contribution in [0.4, 0.5) is 0 Å². The predicted molar refractivity (Wildman–Crippen MR) is 144 cm³/mol. The lowest BCUT2D eigenvalue weighted by atomic mass is 9.74. The average Bonchev–Trinajstić information content (AvgIpc) is 3.23. The van der Waals surface area contributed by atoms with Crippen molar-refractivity contribution in [3.05, 3.63) is 24.3 Å². The van der Waals surface area contributed by atoms with E-state index in [0.717, 1.165) is 38.9 Å². The number of fused-ring (bicyclic) bond motifs is 2. The van der Waals surface area contributed by atoms with E-state index in [0.29, 0.717) is 52.3 Å². The third-order valence-corrected chi connectivity index (χ3v) is 10.5. The molecule has 5 heterocycles. The number of rotatable bonds is 7. The fourth-order valence-electron chi connectivity index (χ4n) is 6.77. The zero-order valence-electron chi connectivity index (χ0n) is 22.4. The first kappa shape index (κ1) is 27.7. The lowest BCUT2D eigenvalue weighted by Crippen LogP contribution is -2.54. The van der Waals surface area contributed by atoms with Crippen LogP contribution in [0.5, 0.6) is 0 Å². The van der Waals surface area contributed by atoms with Crippen molar-refractivity contribution >= 4 is 29.5 Å². The van der Waals surface area contributed by atoms with Gasteiger partial charge in [-0.3, -0.25) is 19.3 Å². The normalized spacial score (nSPS) is 36.9. The van der Waals surface area contributed by atoms with Crippen LogP contribution < -0.4 is 0 Å². The first-order valence-electron chi connectivity index (χ1n) is 14.1. The number of unbranched alkanes of at least 4 members (excludes halogenated alkanes) is 1. The summed E-state index contributed by atoms with van der Waals surface area (Å²) in [6.45, 7) is 7.71. The second-order valence-corrected chi connectivity index (χ2v) is 13.0. The van der Waals surface area contributed by atoms with Crippen LogP contribution >= 0.6 is 11.8 Å². The number of thioether (sulfide) groups is 1. The molecular weight excluding hydrogens is 506 g/mol. The van der Waals surface area contributed by atoms with Crippen LogP contribution in [-0.2, 0) is 23.9 Å². The largest absolute Gasteiger partial charge is 0.465 e. The third-order valence-electron chi connectivity index (χ3n) is 8.68. The maximum Gasteiger partial charge on any atom is 0.311 e. The van der Waals surface area contributed by atoms with Gasteiger partial charge in [0.2, 0.25) is 11.8 Å². The molecule has 1 N–H and O–H groups in total. The molecule has 38 heavy (non-hydrogen) atoms. The number of carbonyl (C=O) groups is 3. The molecule has 0 radical (unpaired) electrons. The molecule has 3 fully saturated rings. The predicted octanol–water partition coefficient (Wildman–Crippen LogP) is 1.46. The highest BCUT2D eigenvalue weighted by molar-refractivity contribution is 8.02. The summed E-state index contributed by atoms with van der Waals surface area (Å²) in [5.74, 6) is -1.89. The fourth-order valence-corrected chi connectivity index (χ4v) is 8.92. The molecule has 1 spiro atoms. The van der Waals surface area contributed by atoms with Crippen LogP contribution in [0.15, 0.2) is 24.3 Å². The van der Waals surface area contributed by atoms with Gasteiger partial charge in [0, 0.05) is 50.6 Å². The molecule has 0 aromatic heterocycles. The van der Waals surface area contributed by atoms with E-state index >= 15 is 0 Å². The second-order valence-electron chi connectivity index (χ2n) is 11.2. The quantitative estimate of drug-likeness (QED) is 0.291. The summed E-state index contributed by atoms with van der Waals surface area (Å²) < 4.78 is 9.68. The molecule has 1 unspecified atom stereocenters. The number of nitrogens with zero attached hydrogens (tertiary/aromatic N) is 3. The number of hydrogen-bond acceptors (Lipinski definition) is 8. The molecular formula is C28H41N3O6S. The van der Waals surface area contributed by atoms with E-state index in [1.165, 1.54) is 0 Å². The Balaban J connectivity index is 1.49. The second kappa shape index (κ2) is 11.7. The first-order valence-corrected chi connectivity index (χ1v) is 15.0. The van der Waals surface area contributed by atoms with E-state index in [1.807, 2.05) is 17.9 Å². The Hall–Kier alpha value is -1.88. The summed E-state index contributed by atoms with van der Waals surface area (Å²) in [4.78, 5) is 47.9. The van der Waals surface area contributed by atoms with Crippen LogP contribution in [0.1, 0.15) is 39.0 Å². The number of aliphatic hydroxyl groups is 1. The van der Waals surface area contributed by atoms with E-state index in [9.17, 15) is 19.5 Å². The Labute approximate surface area is 229 Å². The van der Waals surface area contributed by atoms with Crippen molar-refractivity contribution in [1.82, 2.24) is 14.7 Å². The minimum atomic E-state index is -0.849. The number of ether oxygens (including phenoxy) is 2. The van der Waals surface area contributed by atoms with Crippen molar-refractivity contribution in [3.8, 4) is 0 Å². The molecule has 10 heteroatoms. The van der Waals surface area contributed by atoms with Gasteiger partial charge in [0.25, 0.3) is 0 Å². The molecule has 0 saturated carbocycles. The van der Waals surface area contributed by atoms with Crippen LogP contribution in [-0.4, -0.2) is 119 Å². The van der Waals surface area contributed by atoms with Gasteiger partial charge in [-0.15, -0.1) is 11.8 Å². The maximum atomic E-state index is 14.3. The monoisotopic (exact) mass is 547 g/mol. The Morgan fingerprint density at radius 3 is 2.58 bits per heavy atom. The lowest BCUT2D eigenvalue weighted by molar-refractivity contribution is -0.154. The highest BCUT2D eigenvalue weighted by atomic mass is 32.2. The van der Waals surface area contributed by atoms with E-state index < -0.39 is 27.4 Å². The topological polar surface area (TPSA) is 99.6 Å². The molecule has 2 amide bonds. The van der Waals surface area contributed by atoms with Crippen molar-refractivity contribution < 1.29 is 29.0 Å². The van der Waals surface area contributed by atoms with Gasteiger partial charge in [-0.25, -0.2) is 0 Å². The molecule has 3 saturated heterocycles. The van der Waals surface area contributed by atoms with Gasteiger partial charge < -0.3 is 24.4 Å². The van der Waals surface area contributed by atoms with E-state index in [2.05, 4.69) is 23.1 Å². The van der Waals surface area contributed by atoms with E-state index in [-0.39, 0.29) is 24.4 Å². The zero-order chi connectivity index (χ0) is 26.8. The van der Waals surface area contributed by atoms with Gasteiger partial charge >= 0.3 is 5.97 Å². The van der Waals surface area contributed by atoms with Gasteiger partial charge in [0.1, 0.15) is 6.04 Å². The van der Waals surface area contributed by atoms with Crippen LogP contribution in [0.3, 0.4) is 0 Å². The standard InChI is InChI=1S/C28H41N3O6S/c1-27-9-4-2-3-7-18-37-26(35)22(27)21-24(33)31(12-5-6-17-32)23-25(34)30(11-8-10-28(21,23)38-27)14-13-29-15-19-36-20-16-29/h4,8-10,21-23,32H,2-3,5-7,11-20H2,1H3/b9-4-/t21-,22-,23?,27+,28-/m0/s1. The summed E-state index contributed by atoms with van der Waals surface area (Å²) in [6, 6.07) is -0.692. The molecule has 5 rings (SSSR count). The Morgan fingerprint density at radius 2 is 1.79 bits per heavy atom. The third kappa shape index (κ3) is 5.05. The van der Waals surface area contributed by atoms with Gasteiger partial charge in [0.05, 0.1) is 36.4 Å². The smallest absolute Gasteiger partial charge is 0.311 e. The van der Waals surface area contributed by atoms with Crippen molar-refractivity contribution in [2.24, 2.45) is 11.8 Å². The molecule has 0 aromatic rings. The van der Waals surface area contributed by atoms with Crippen molar-refractivity contribution in [2.75, 3.05) is 65.7 Å². The highest BCUT2D eigenvalue weighted by Crippen LogP contribution is 2.65. The average molecular weight is 548 g/mol. The number of cyclic esters (lactones) is 1. The molecule has 9 nitrogen and oxygen atoms in total. The van der Waals surface area contributed by atoms with Gasteiger partial charge in [-0.2, -0.15) is 0 Å². The summed E-state index contributed by atoms with van der Waals surface area (Å²) >= 11 is 1.59. The SMILES string of the molecule is C[C@@]12/C=C\CCCCOC(=O)[C@@H]1[C@H]1C(=O)N(CCCCO)C3C(=O)N(CCN4CCOCC4)CC=C[C@@]31S2. The van der Waals surface area contributed by atoms with Gasteiger partial charge in [-0.05, 0) is 39.0 Å². The van der Waals surface area contributed by atoms with Crippen LogP contribution in [0, 0.1) is 11.8 Å². The van der Waals surface area contributed by atoms with Gasteiger partial charge in [-0.1, -0.05) is 24.3 Å². The van der Waals surface area contributed by atoms with Crippen molar-refractivity contribution in [3.63, 3.8) is 0 Å². The molecule has 0 aliphatic carbocycles. The van der Waals surface area contributed by atoms with Crippen LogP contribution in [0.2, 0.25) is 0 Å². The first-order chi connectivity index (χ1) is 18.4. The van der Waals surface area contributed by atoms with Gasteiger partial charge in [0.15, 0.2) is 0 Å². The molecule has 0 bridgehead atoms. The Kier molecular flexibility index (Phi) is 8.52. The molecule has 0 aromatic carbocycles. The van der Waals surface area contributed by atoms with E-state index in [4.69, 9.17) is 9.47 Å². The highest BCUT2D eigenvalue weighted by Gasteiger charge is 2.73. The molecule has 5 aliphatic rings. The summed E-state index contributed by atoms with van der Waals surface area (Å²) in [5.41, 5.74) is 0. The summed E-state index contributed by atoms with van der Waals surface area (Å²) in [7, 11) is 0. The Morgan fingerprint density at radius 1 is 0.974 bits per heavy atom.